The van der Waals surface area contributed by atoms with Crippen LogP contribution in [0.3, 0.4) is 0 Å². The number of nitrogens with one attached hydrogen (secondary N) is 1. The van der Waals surface area contributed by atoms with E-state index in [4.69, 9.17) is 0 Å². The second-order valence-electron chi connectivity index (χ2n) is 3.53. The van der Waals surface area contributed by atoms with Gasteiger partial charge in [-0.1, -0.05) is 12.1 Å². The number of rotatable bonds is 4. The highest BCUT2D eigenvalue weighted by Crippen LogP contribution is 2.20. The third-order valence-corrected chi connectivity index (χ3v) is 3.93. The van der Waals surface area contributed by atoms with E-state index in [1.165, 1.54) is 14.1 Å². The molecular formula is C12H13IN2S. The maximum atomic E-state index is 4.33. The smallest absolute Gasteiger partial charge is 0.0943 e. The average Bonchev–Trinajstić information content (AvgIpc) is 2.78. The molecule has 1 unspecified atom stereocenters. The molecule has 1 heterocycles. The second kappa shape index (κ2) is 5.75. The lowest BCUT2D eigenvalue weighted by molar-refractivity contribution is 0.590. The van der Waals surface area contributed by atoms with Gasteiger partial charge in [0.05, 0.1) is 5.01 Å². The summed E-state index contributed by atoms with van der Waals surface area (Å²) < 4.78 is 1.27. The summed E-state index contributed by atoms with van der Waals surface area (Å²) in [7, 11) is 2.00. The van der Waals surface area contributed by atoms with E-state index in [0.717, 1.165) is 6.42 Å². The van der Waals surface area contributed by atoms with E-state index in [-0.39, 0.29) is 0 Å². The van der Waals surface area contributed by atoms with Gasteiger partial charge < -0.3 is 5.32 Å². The topological polar surface area (TPSA) is 24.9 Å². The molecule has 84 valence electrons. The molecule has 0 saturated carbocycles. The van der Waals surface area contributed by atoms with Gasteiger partial charge in [-0.2, -0.15) is 0 Å². The van der Waals surface area contributed by atoms with Crippen LogP contribution in [0.4, 0.5) is 0 Å². The number of hydrogen-bond donors (Lipinski definition) is 1. The zero-order chi connectivity index (χ0) is 11.4. The summed E-state index contributed by atoms with van der Waals surface area (Å²) in [5, 5.41) is 6.55. The van der Waals surface area contributed by atoms with Crippen LogP contribution in [0.2, 0.25) is 0 Å². The van der Waals surface area contributed by atoms with Crippen molar-refractivity contribution in [2.75, 3.05) is 7.05 Å². The minimum atomic E-state index is 0.348. The van der Waals surface area contributed by atoms with Crippen LogP contribution in [0.5, 0.6) is 0 Å². The highest BCUT2D eigenvalue weighted by molar-refractivity contribution is 14.1. The van der Waals surface area contributed by atoms with Gasteiger partial charge in [0, 0.05) is 27.6 Å². The number of benzene rings is 1. The molecule has 0 aliphatic rings. The molecule has 1 aromatic carbocycles. The van der Waals surface area contributed by atoms with Gasteiger partial charge in [-0.25, -0.2) is 4.98 Å². The monoisotopic (exact) mass is 344 g/mol. The Bertz CT molecular complexity index is 442. The van der Waals surface area contributed by atoms with Crippen molar-refractivity contribution in [1.82, 2.24) is 10.3 Å². The standard InChI is InChI=1S/C12H13IN2S/c1-14-11(8-12-15-5-6-16-12)9-3-2-4-10(13)7-9/h2-7,11,14H,8H2,1H3. The molecule has 2 nitrogen and oxygen atoms in total. The maximum absolute atomic E-state index is 4.33. The molecule has 0 bridgehead atoms. The predicted octanol–water partition coefficient (Wildman–Crippen LogP) is 3.25. The van der Waals surface area contributed by atoms with E-state index in [2.05, 4.69) is 57.2 Å². The van der Waals surface area contributed by atoms with Crippen LogP contribution in [-0.2, 0) is 6.42 Å². The average molecular weight is 344 g/mol. The quantitative estimate of drug-likeness (QED) is 0.862. The van der Waals surface area contributed by atoms with E-state index in [1.807, 2.05) is 18.6 Å². The van der Waals surface area contributed by atoms with Crippen molar-refractivity contribution in [3.8, 4) is 0 Å². The molecule has 0 aliphatic carbocycles. The number of hydrogen-bond acceptors (Lipinski definition) is 3. The van der Waals surface area contributed by atoms with Crippen molar-refractivity contribution in [2.45, 2.75) is 12.5 Å². The van der Waals surface area contributed by atoms with Gasteiger partial charge in [0.15, 0.2) is 0 Å². The third kappa shape index (κ3) is 3.02. The maximum Gasteiger partial charge on any atom is 0.0943 e. The molecular weight excluding hydrogens is 331 g/mol. The predicted molar refractivity (Wildman–Crippen MR) is 76.8 cm³/mol. The Balaban J connectivity index is 2.16. The van der Waals surface area contributed by atoms with Crippen LogP contribution in [0.1, 0.15) is 16.6 Å². The number of halogens is 1. The van der Waals surface area contributed by atoms with E-state index in [1.54, 1.807) is 11.3 Å². The summed E-state index contributed by atoms with van der Waals surface area (Å²) in [6.07, 6.45) is 2.82. The van der Waals surface area contributed by atoms with Gasteiger partial charge >= 0.3 is 0 Å². The van der Waals surface area contributed by atoms with Gasteiger partial charge in [-0.05, 0) is 47.3 Å². The Morgan fingerprint density at radius 3 is 3.00 bits per heavy atom. The van der Waals surface area contributed by atoms with Crippen molar-refractivity contribution in [1.29, 1.82) is 0 Å². The second-order valence-corrected chi connectivity index (χ2v) is 5.75. The number of thiazole rings is 1. The fraction of sp³-hybridized carbons (Fsp3) is 0.250. The highest BCUT2D eigenvalue weighted by Gasteiger charge is 2.11. The molecule has 1 atom stereocenters. The first-order chi connectivity index (χ1) is 7.79. The summed E-state index contributed by atoms with van der Waals surface area (Å²) >= 11 is 4.06. The first-order valence-electron chi connectivity index (χ1n) is 5.10. The molecule has 1 aromatic heterocycles. The molecule has 2 aromatic rings. The van der Waals surface area contributed by atoms with E-state index >= 15 is 0 Å². The Morgan fingerprint density at radius 1 is 1.50 bits per heavy atom. The third-order valence-electron chi connectivity index (χ3n) is 2.46. The summed E-state index contributed by atoms with van der Waals surface area (Å²) in [4.78, 5) is 4.33. The summed E-state index contributed by atoms with van der Waals surface area (Å²) in [6.45, 7) is 0. The van der Waals surface area contributed by atoms with E-state index < -0.39 is 0 Å². The Hall–Kier alpha value is -0.460. The molecule has 0 saturated heterocycles. The SMILES string of the molecule is CNC(Cc1nccs1)c1cccc(I)c1. The minimum absolute atomic E-state index is 0.348. The lowest BCUT2D eigenvalue weighted by atomic mass is 10.0. The zero-order valence-corrected chi connectivity index (χ0v) is 12.0. The van der Waals surface area contributed by atoms with Crippen molar-refractivity contribution in [2.24, 2.45) is 0 Å². The Kier molecular flexibility index (Phi) is 4.31. The summed E-state index contributed by atoms with van der Waals surface area (Å²) in [5.74, 6) is 0. The van der Waals surface area contributed by atoms with Crippen molar-refractivity contribution in [3.63, 3.8) is 0 Å². The van der Waals surface area contributed by atoms with Crippen LogP contribution < -0.4 is 5.32 Å². The highest BCUT2D eigenvalue weighted by atomic mass is 127. The van der Waals surface area contributed by atoms with Crippen LogP contribution in [0.15, 0.2) is 35.8 Å². The van der Waals surface area contributed by atoms with Gasteiger partial charge in [0.1, 0.15) is 0 Å². The number of nitrogens with zero attached hydrogens (tertiary/aromatic N) is 1. The van der Waals surface area contributed by atoms with Gasteiger partial charge in [0.2, 0.25) is 0 Å². The van der Waals surface area contributed by atoms with E-state index in [0.29, 0.717) is 6.04 Å². The summed E-state index contributed by atoms with van der Waals surface area (Å²) in [5.41, 5.74) is 1.32. The first-order valence-corrected chi connectivity index (χ1v) is 7.06. The summed E-state index contributed by atoms with van der Waals surface area (Å²) in [6, 6.07) is 8.94. The van der Waals surface area contributed by atoms with Crippen LogP contribution in [0.25, 0.3) is 0 Å². The molecule has 4 heteroatoms. The van der Waals surface area contributed by atoms with Crippen LogP contribution in [-0.4, -0.2) is 12.0 Å². The van der Waals surface area contributed by atoms with Crippen LogP contribution in [0, 0.1) is 3.57 Å². The van der Waals surface area contributed by atoms with Crippen molar-refractivity contribution < 1.29 is 0 Å². The zero-order valence-electron chi connectivity index (χ0n) is 8.98. The molecule has 1 N–H and O–H groups in total. The lowest BCUT2D eigenvalue weighted by Gasteiger charge is -2.15. The van der Waals surface area contributed by atoms with Gasteiger partial charge in [-0.15, -0.1) is 11.3 Å². The molecule has 0 spiro atoms. The molecule has 0 amide bonds. The normalized spacial score (nSPS) is 12.6. The fourth-order valence-electron chi connectivity index (χ4n) is 1.64. The number of aromatic nitrogens is 1. The molecule has 16 heavy (non-hydrogen) atoms. The van der Waals surface area contributed by atoms with Crippen molar-refractivity contribution >= 4 is 33.9 Å². The number of likely N-dealkylation sites (N-methyl/N-ethyl adjacent to an activating group) is 1. The first kappa shape index (κ1) is 12.0. The van der Waals surface area contributed by atoms with Gasteiger partial charge in [-0.3, -0.25) is 0 Å². The Morgan fingerprint density at radius 2 is 2.38 bits per heavy atom. The lowest BCUT2D eigenvalue weighted by Crippen LogP contribution is -2.18. The van der Waals surface area contributed by atoms with Gasteiger partial charge in [0.25, 0.3) is 0 Å². The van der Waals surface area contributed by atoms with Crippen LogP contribution >= 0.6 is 33.9 Å². The Labute approximate surface area is 113 Å². The molecule has 2 rings (SSSR count). The van der Waals surface area contributed by atoms with Crippen molar-refractivity contribution in [3.05, 3.63) is 50.0 Å². The van der Waals surface area contributed by atoms with E-state index in [9.17, 15) is 0 Å². The fourth-order valence-corrected chi connectivity index (χ4v) is 2.87. The molecule has 0 fully saturated rings. The largest absolute Gasteiger partial charge is 0.313 e. The minimum Gasteiger partial charge on any atom is -0.313 e. The molecule has 0 radical (unpaired) electrons. The molecule has 0 aliphatic heterocycles.